The van der Waals surface area contributed by atoms with Crippen molar-refractivity contribution in [1.29, 1.82) is 0 Å². The van der Waals surface area contributed by atoms with Gasteiger partial charge in [0.1, 0.15) is 0 Å². The molecule has 0 saturated carbocycles. The first-order valence-electron chi connectivity index (χ1n) is 8.55. The molecule has 2 aromatic rings. The van der Waals surface area contributed by atoms with E-state index in [0.717, 1.165) is 17.8 Å². The zero-order valence-electron chi connectivity index (χ0n) is 15.0. The maximum absolute atomic E-state index is 13.6. The second-order valence-electron chi connectivity index (χ2n) is 6.27. The molecule has 0 fully saturated rings. The summed E-state index contributed by atoms with van der Waals surface area (Å²) in [6, 6.07) is 7.28. The quantitative estimate of drug-likeness (QED) is 0.456. The molecule has 2 rings (SSSR count). The average molecular weight is 468 g/mol. The lowest BCUT2D eigenvalue weighted by Gasteiger charge is -2.30. The lowest BCUT2D eigenvalue weighted by molar-refractivity contribution is -0.268. The normalized spacial score (nSPS) is 13.9. The van der Waals surface area contributed by atoms with Crippen LogP contribution in [0.5, 0.6) is 0 Å². The number of aliphatic carboxylic acids is 1. The van der Waals surface area contributed by atoms with E-state index < -0.39 is 29.9 Å². The molecule has 0 aliphatic rings. The third-order valence-corrected chi connectivity index (χ3v) is 5.80. The molecule has 1 aromatic heterocycles. The van der Waals surface area contributed by atoms with Crippen molar-refractivity contribution in [1.82, 2.24) is 4.98 Å². The largest absolute Gasteiger partial charge is 0.481 e. The number of benzene rings is 1. The molecule has 0 aliphatic carbocycles. The van der Waals surface area contributed by atoms with Crippen LogP contribution in [0.2, 0.25) is 10.0 Å². The Morgan fingerprint density at radius 3 is 2.41 bits per heavy atom. The Balaban J connectivity index is 2.14. The van der Waals surface area contributed by atoms with Crippen molar-refractivity contribution in [2.45, 2.75) is 31.0 Å². The number of aromatic nitrogens is 1. The topological polar surface area (TPSA) is 70.4 Å². The van der Waals surface area contributed by atoms with E-state index in [-0.39, 0.29) is 12.2 Å². The Morgan fingerprint density at radius 2 is 1.86 bits per heavy atom. The van der Waals surface area contributed by atoms with Crippen molar-refractivity contribution in [3.8, 4) is 11.1 Å². The van der Waals surface area contributed by atoms with E-state index in [1.54, 1.807) is 12.1 Å². The van der Waals surface area contributed by atoms with Gasteiger partial charge < -0.3 is 10.2 Å². The van der Waals surface area contributed by atoms with Gasteiger partial charge in [0.15, 0.2) is 0 Å². The van der Waals surface area contributed by atoms with Crippen molar-refractivity contribution in [2.24, 2.45) is 0 Å². The fourth-order valence-corrected chi connectivity index (χ4v) is 4.09. The maximum Gasteiger partial charge on any atom is 0.423 e. The zero-order valence-corrected chi connectivity index (χ0v) is 17.4. The number of carboxylic acid groups (broad SMARTS) is 1. The van der Waals surface area contributed by atoms with Gasteiger partial charge in [-0.2, -0.15) is 24.9 Å². The lowest BCUT2D eigenvalue weighted by Crippen LogP contribution is -2.43. The van der Waals surface area contributed by atoms with Gasteiger partial charge in [-0.15, -0.1) is 0 Å². The van der Waals surface area contributed by atoms with Gasteiger partial charge >= 0.3 is 12.1 Å². The monoisotopic (exact) mass is 467 g/mol. The average Bonchev–Trinajstić information content (AvgIpc) is 2.63. The van der Waals surface area contributed by atoms with Gasteiger partial charge in [-0.05, 0) is 42.5 Å². The smallest absolute Gasteiger partial charge is 0.423 e. The summed E-state index contributed by atoms with van der Waals surface area (Å²) in [6.07, 6.45) is -3.99. The van der Waals surface area contributed by atoms with Gasteiger partial charge in [-0.3, -0.25) is 9.78 Å². The predicted octanol–water partition coefficient (Wildman–Crippen LogP) is 5.79. The number of hydrogen-bond acceptors (Lipinski definition) is 4. The van der Waals surface area contributed by atoms with E-state index in [2.05, 4.69) is 4.98 Å². The molecule has 0 aliphatic heterocycles. The highest BCUT2D eigenvalue weighted by atomic mass is 35.5. The van der Waals surface area contributed by atoms with Crippen LogP contribution < -0.4 is 0 Å². The standard InChI is InChI=1S/C19H18Cl2F3NO3S/c20-13-4-5-14(15(21)10-13)12-3-6-16(25-11-12)18(28,19(22,23)24)7-9-29-8-1-2-17(26)27/h3-6,10-11,28H,1-2,7-9H2,(H,26,27). The van der Waals surface area contributed by atoms with Gasteiger partial charge in [0.05, 0.1) is 5.69 Å². The number of aliphatic hydroxyl groups is 1. The molecule has 4 nitrogen and oxygen atoms in total. The van der Waals surface area contributed by atoms with Crippen LogP contribution >= 0.6 is 35.0 Å². The molecule has 1 heterocycles. The number of thioether (sulfide) groups is 1. The summed E-state index contributed by atoms with van der Waals surface area (Å²) in [5, 5.41) is 19.7. The molecule has 0 amide bonds. The van der Waals surface area contributed by atoms with E-state index in [1.165, 1.54) is 18.3 Å². The SMILES string of the molecule is O=C(O)CCCSCCC(O)(c1ccc(-c2ccc(Cl)cc2Cl)cn1)C(F)(F)F. The van der Waals surface area contributed by atoms with Crippen LogP contribution in [0, 0.1) is 0 Å². The van der Waals surface area contributed by atoms with Crippen molar-refractivity contribution >= 4 is 40.9 Å². The minimum absolute atomic E-state index is 0.00206. The number of rotatable bonds is 9. The van der Waals surface area contributed by atoms with Gasteiger partial charge in [-0.1, -0.05) is 35.3 Å². The van der Waals surface area contributed by atoms with E-state index >= 15 is 0 Å². The van der Waals surface area contributed by atoms with Crippen molar-refractivity contribution in [2.75, 3.05) is 11.5 Å². The molecule has 1 atom stereocenters. The first-order chi connectivity index (χ1) is 13.5. The molecule has 0 spiro atoms. The van der Waals surface area contributed by atoms with Gasteiger partial charge in [0.25, 0.3) is 0 Å². The molecule has 2 N–H and O–H groups in total. The zero-order chi connectivity index (χ0) is 21.7. The van der Waals surface area contributed by atoms with Gasteiger partial charge in [-0.25, -0.2) is 0 Å². The fraction of sp³-hybridized carbons (Fsp3) is 0.368. The van der Waals surface area contributed by atoms with Crippen LogP contribution in [0.4, 0.5) is 13.2 Å². The summed E-state index contributed by atoms with van der Waals surface area (Å²) >= 11 is 13.1. The van der Waals surface area contributed by atoms with Gasteiger partial charge in [0, 0.05) is 33.8 Å². The highest BCUT2D eigenvalue weighted by Gasteiger charge is 2.55. The highest BCUT2D eigenvalue weighted by Crippen LogP contribution is 2.42. The fourth-order valence-electron chi connectivity index (χ4n) is 2.58. The van der Waals surface area contributed by atoms with Crippen molar-refractivity contribution in [3.05, 3.63) is 52.3 Å². The van der Waals surface area contributed by atoms with E-state index in [1.807, 2.05) is 0 Å². The predicted molar refractivity (Wildman–Crippen MR) is 108 cm³/mol. The number of pyridine rings is 1. The van der Waals surface area contributed by atoms with Crippen LogP contribution in [-0.4, -0.2) is 38.8 Å². The molecule has 10 heteroatoms. The molecule has 1 unspecified atom stereocenters. The first kappa shape index (κ1) is 23.8. The van der Waals surface area contributed by atoms with Gasteiger partial charge in [0.2, 0.25) is 5.60 Å². The number of hydrogen-bond donors (Lipinski definition) is 2. The Kier molecular flexibility index (Phi) is 8.22. The number of carbonyl (C=O) groups is 1. The molecule has 0 radical (unpaired) electrons. The van der Waals surface area contributed by atoms with Crippen LogP contribution in [0.25, 0.3) is 11.1 Å². The first-order valence-corrected chi connectivity index (χ1v) is 10.5. The van der Waals surface area contributed by atoms with Crippen LogP contribution in [0.3, 0.4) is 0 Å². The Bertz CT molecular complexity index is 850. The van der Waals surface area contributed by atoms with Crippen LogP contribution in [0.15, 0.2) is 36.5 Å². The second kappa shape index (κ2) is 10.0. The molecule has 0 bridgehead atoms. The Morgan fingerprint density at radius 1 is 1.14 bits per heavy atom. The summed E-state index contributed by atoms with van der Waals surface area (Å²) in [5.41, 5.74) is -2.57. The molecular weight excluding hydrogens is 450 g/mol. The van der Waals surface area contributed by atoms with E-state index in [9.17, 15) is 23.1 Å². The van der Waals surface area contributed by atoms with Crippen LogP contribution in [-0.2, 0) is 10.4 Å². The number of carboxylic acids is 1. The summed E-state index contributed by atoms with van der Waals surface area (Å²) < 4.78 is 40.8. The van der Waals surface area contributed by atoms with Crippen molar-refractivity contribution < 1.29 is 28.2 Å². The Hall–Kier alpha value is -1.48. The summed E-state index contributed by atoms with van der Waals surface area (Å²) in [4.78, 5) is 14.3. The lowest BCUT2D eigenvalue weighted by atomic mass is 9.94. The second-order valence-corrected chi connectivity index (χ2v) is 8.34. The summed E-state index contributed by atoms with van der Waals surface area (Å²) in [7, 11) is 0. The molecule has 0 saturated heterocycles. The molecular formula is C19H18Cl2F3NO3S. The third-order valence-electron chi connectivity index (χ3n) is 4.19. The minimum Gasteiger partial charge on any atom is -0.481 e. The Labute approximate surface area is 180 Å². The highest BCUT2D eigenvalue weighted by molar-refractivity contribution is 7.99. The van der Waals surface area contributed by atoms with E-state index in [0.29, 0.717) is 33.3 Å². The number of nitrogens with zero attached hydrogens (tertiary/aromatic N) is 1. The molecule has 29 heavy (non-hydrogen) atoms. The van der Waals surface area contributed by atoms with Crippen molar-refractivity contribution in [3.63, 3.8) is 0 Å². The molecule has 1 aromatic carbocycles. The van der Waals surface area contributed by atoms with E-state index in [4.69, 9.17) is 28.3 Å². The third kappa shape index (κ3) is 6.25. The number of halogens is 5. The number of alkyl halides is 3. The maximum atomic E-state index is 13.6. The minimum atomic E-state index is -4.92. The molecule has 158 valence electrons. The summed E-state index contributed by atoms with van der Waals surface area (Å²) in [5.74, 6) is -0.563. The van der Waals surface area contributed by atoms with Crippen LogP contribution in [0.1, 0.15) is 25.0 Å². The summed E-state index contributed by atoms with van der Waals surface area (Å²) in [6.45, 7) is 0.